The predicted molar refractivity (Wildman–Crippen MR) is 91.4 cm³/mol. The van der Waals surface area contributed by atoms with Crippen molar-refractivity contribution in [3.05, 3.63) is 59.7 Å². The monoisotopic (exact) mass is 360 g/mol. The maximum absolute atomic E-state index is 13.2. The minimum atomic E-state index is -1.04. The van der Waals surface area contributed by atoms with Gasteiger partial charge in [-0.05, 0) is 24.6 Å². The highest BCUT2D eigenvalue weighted by molar-refractivity contribution is 5.99. The van der Waals surface area contributed by atoms with Crippen molar-refractivity contribution in [1.29, 1.82) is 0 Å². The van der Waals surface area contributed by atoms with Crippen LogP contribution in [0.2, 0.25) is 0 Å². The van der Waals surface area contributed by atoms with Crippen LogP contribution in [0, 0.1) is 23.5 Å². The Morgan fingerprint density at radius 1 is 1.08 bits per heavy atom. The summed E-state index contributed by atoms with van der Waals surface area (Å²) in [6.07, 6.45) is 0.424. The Morgan fingerprint density at radius 3 is 2.54 bits per heavy atom. The van der Waals surface area contributed by atoms with Crippen LogP contribution in [-0.4, -0.2) is 18.9 Å². The van der Waals surface area contributed by atoms with Gasteiger partial charge >= 0.3 is 0 Å². The first kappa shape index (κ1) is 17.8. The van der Waals surface area contributed by atoms with Gasteiger partial charge in [-0.25, -0.2) is 8.78 Å². The Hall–Kier alpha value is -2.96. The first-order valence-corrected chi connectivity index (χ1v) is 8.15. The summed E-state index contributed by atoms with van der Waals surface area (Å²) in [6.45, 7) is 0.302. The topological polar surface area (TPSA) is 67.4 Å². The van der Waals surface area contributed by atoms with E-state index in [0.717, 1.165) is 17.7 Å². The summed E-state index contributed by atoms with van der Waals surface area (Å²) >= 11 is 0. The Kier molecular flexibility index (Phi) is 5.16. The fourth-order valence-electron chi connectivity index (χ4n) is 2.75. The summed E-state index contributed by atoms with van der Waals surface area (Å²) in [4.78, 5) is 24.3. The molecule has 0 aromatic heterocycles. The van der Waals surface area contributed by atoms with Gasteiger partial charge in [-0.15, -0.1) is 0 Å². The Morgan fingerprint density at radius 2 is 1.81 bits per heavy atom. The highest BCUT2D eigenvalue weighted by Gasteiger charge is 2.47. The molecular weight excluding hydrogens is 342 g/mol. The second-order valence-electron chi connectivity index (χ2n) is 6.10. The molecule has 7 heteroatoms. The molecule has 1 aliphatic carbocycles. The lowest BCUT2D eigenvalue weighted by Gasteiger charge is -2.09. The second kappa shape index (κ2) is 7.51. The number of methoxy groups -OCH3 is 1. The van der Waals surface area contributed by atoms with E-state index in [1.54, 1.807) is 13.2 Å². The van der Waals surface area contributed by atoms with Crippen LogP contribution in [0.5, 0.6) is 5.75 Å². The normalized spacial score (nSPS) is 18.1. The van der Waals surface area contributed by atoms with Crippen molar-refractivity contribution in [3.63, 3.8) is 0 Å². The molecule has 5 nitrogen and oxygen atoms in total. The van der Waals surface area contributed by atoms with Crippen molar-refractivity contribution in [2.75, 3.05) is 12.4 Å². The van der Waals surface area contributed by atoms with Crippen molar-refractivity contribution in [2.24, 2.45) is 11.8 Å². The quantitative estimate of drug-likeness (QED) is 0.832. The zero-order valence-corrected chi connectivity index (χ0v) is 14.1. The Bertz CT molecular complexity index is 841. The van der Waals surface area contributed by atoms with Gasteiger partial charge < -0.3 is 15.4 Å². The molecule has 3 rings (SSSR count). The van der Waals surface area contributed by atoms with Gasteiger partial charge in [0.05, 0.1) is 18.9 Å². The molecule has 0 spiro atoms. The number of ether oxygens (including phenoxy) is 1. The average molecular weight is 360 g/mol. The first-order valence-electron chi connectivity index (χ1n) is 8.15. The minimum absolute atomic E-state index is 0.161. The SMILES string of the molecule is COc1ccccc1CNC(=O)C1CC1C(=O)Nc1ccc(F)c(F)c1. The maximum Gasteiger partial charge on any atom is 0.228 e. The molecule has 0 heterocycles. The highest BCUT2D eigenvalue weighted by atomic mass is 19.2. The Labute approximate surface area is 149 Å². The number of benzene rings is 2. The third kappa shape index (κ3) is 3.99. The van der Waals surface area contributed by atoms with E-state index in [9.17, 15) is 18.4 Å². The number of anilines is 1. The van der Waals surface area contributed by atoms with Crippen LogP contribution >= 0.6 is 0 Å². The predicted octanol–water partition coefficient (Wildman–Crippen LogP) is 2.86. The van der Waals surface area contributed by atoms with Gasteiger partial charge in [0, 0.05) is 23.9 Å². The number of hydrogen-bond acceptors (Lipinski definition) is 3. The fraction of sp³-hybridized carbons (Fsp3) is 0.263. The number of para-hydroxylation sites is 1. The van der Waals surface area contributed by atoms with Crippen LogP contribution in [0.25, 0.3) is 0 Å². The highest BCUT2D eigenvalue weighted by Crippen LogP contribution is 2.39. The molecule has 136 valence electrons. The molecule has 2 aromatic rings. The van der Waals surface area contributed by atoms with Crippen LogP contribution in [0.15, 0.2) is 42.5 Å². The van der Waals surface area contributed by atoms with Gasteiger partial charge in [-0.2, -0.15) is 0 Å². The molecule has 0 saturated heterocycles. The third-order valence-corrected chi connectivity index (χ3v) is 4.30. The number of hydrogen-bond donors (Lipinski definition) is 2. The van der Waals surface area contributed by atoms with E-state index >= 15 is 0 Å². The van der Waals surface area contributed by atoms with Gasteiger partial charge in [-0.3, -0.25) is 9.59 Å². The van der Waals surface area contributed by atoms with Crippen molar-refractivity contribution >= 4 is 17.5 Å². The van der Waals surface area contributed by atoms with Gasteiger partial charge in [0.15, 0.2) is 11.6 Å². The number of carbonyl (C=O) groups excluding carboxylic acids is 2. The zero-order valence-electron chi connectivity index (χ0n) is 14.1. The Balaban J connectivity index is 1.51. The van der Waals surface area contributed by atoms with Crippen molar-refractivity contribution in [1.82, 2.24) is 5.32 Å². The van der Waals surface area contributed by atoms with Gasteiger partial charge in [0.1, 0.15) is 5.75 Å². The molecule has 1 aliphatic rings. The molecule has 2 aromatic carbocycles. The smallest absolute Gasteiger partial charge is 0.228 e. The van der Waals surface area contributed by atoms with Crippen molar-refractivity contribution in [2.45, 2.75) is 13.0 Å². The van der Waals surface area contributed by atoms with Crippen LogP contribution in [0.4, 0.5) is 14.5 Å². The molecule has 0 radical (unpaired) electrons. The summed E-state index contributed by atoms with van der Waals surface area (Å²) in [5, 5.41) is 5.30. The molecule has 26 heavy (non-hydrogen) atoms. The summed E-state index contributed by atoms with van der Waals surface area (Å²) in [6, 6.07) is 10.5. The van der Waals surface area contributed by atoms with Crippen molar-refractivity contribution < 1.29 is 23.1 Å². The van der Waals surface area contributed by atoms with Gasteiger partial charge in [0.2, 0.25) is 11.8 Å². The molecule has 2 N–H and O–H groups in total. The van der Waals surface area contributed by atoms with E-state index in [4.69, 9.17) is 4.74 Å². The van der Waals surface area contributed by atoms with E-state index in [1.807, 2.05) is 18.2 Å². The van der Waals surface area contributed by atoms with E-state index in [2.05, 4.69) is 10.6 Å². The number of rotatable bonds is 6. The van der Waals surface area contributed by atoms with Crippen molar-refractivity contribution in [3.8, 4) is 5.75 Å². The van der Waals surface area contributed by atoms with Crippen LogP contribution in [-0.2, 0) is 16.1 Å². The standard InChI is InChI=1S/C19H18F2N2O3/c1-26-17-5-3-2-4-11(17)10-22-18(24)13-9-14(13)19(25)23-12-6-7-15(20)16(21)8-12/h2-8,13-14H,9-10H2,1H3,(H,22,24)(H,23,25). The summed E-state index contributed by atoms with van der Waals surface area (Å²) in [7, 11) is 1.56. The van der Waals surface area contributed by atoms with Gasteiger partial charge in [0.25, 0.3) is 0 Å². The molecule has 2 unspecified atom stereocenters. The lowest BCUT2D eigenvalue weighted by atomic mass is 10.2. The van der Waals surface area contributed by atoms with Crippen LogP contribution < -0.4 is 15.4 Å². The molecular formula is C19H18F2N2O3. The molecule has 0 bridgehead atoms. The summed E-state index contributed by atoms with van der Waals surface area (Å²) < 4.78 is 31.3. The molecule has 2 atom stereocenters. The summed E-state index contributed by atoms with van der Waals surface area (Å²) in [5.41, 5.74) is 1.00. The van der Waals surface area contributed by atoms with Gasteiger partial charge in [-0.1, -0.05) is 18.2 Å². The van der Waals surface area contributed by atoms with E-state index < -0.39 is 23.5 Å². The van der Waals surface area contributed by atoms with Crippen LogP contribution in [0.1, 0.15) is 12.0 Å². The second-order valence-corrected chi connectivity index (χ2v) is 6.10. The average Bonchev–Trinajstić information content (AvgIpc) is 3.44. The zero-order chi connectivity index (χ0) is 18.7. The number of carbonyl (C=O) groups is 2. The number of amides is 2. The molecule has 1 saturated carbocycles. The van der Waals surface area contributed by atoms with Crippen LogP contribution in [0.3, 0.4) is 0 Å². The molecule has 1 fully saturated rings. The number of nitrogens with one attached hydrogen (secondary N) is 2. The molecule has 2 amide bonds. The van der Waals surface area contributed by atoms with E-state index in [0.29, 0.717) is 18.7 Å². The minimum Gasteiger partial charge on any atom is -0.496 e. The third-order valence-electron chi connectivity index (χ3n) is 4.30. The first-order chi connectivity index (χ1) is 12.5. The van der Waals surface area contributed by atoms with E-state index in [-0.39, 0.29) is 17.5 Å². The molecule has 0 aliphatic heterocycles. The van der Waals surface area contributed by atoms with E-state index in [1.165, 1.54) is 6.07 Å². The lowest BCUT2D eigenvalue weighted by molar-refractivity contribution is -0.125. The lowest BCUT2D eigenvalue weighted by Crippen LogP contribution is -2.27. The number of halogens is 2. The largest absolute Gasteiger partial charge is 0.496 e. The maximum atomic E-state index is 13.2. The fourth-order valence-corrected chi connectivity index (χ4v) is 2.75. The summed E-state index contributed by atoms with van der Waals surface area (Å²) in [5.74, 6) is -2.84.